The first-order valence-corrected chi connectivity index (χ1v) is 8.17. The zero-order chi connectivity index (χ0) is 18.5. The predicted molar refractivity (Wildman–Crippen MR) is 104 cm³/mol. The Morgan fingerprint density at radius 2 is 1.92 bits per heavy atom. The molecule has 3 aromatic rings. The molecule has 5 nitrogen and oxygen atoms in total. The summed E-state index contributed by atoms with van der Waals surface area (Å²) in [4.78, 5) is 16.8. The molecule has 2 aromatic carbocycles. The molecule has 5 heteroatoms. The first-order valence-electron chi connectivity index (χ1n) is 8.17. The van der Waals surface area contributed by atoms with Crippen LogP contribution in [0.5, 0.6) is 0 Å². The third-order valence-electron chi connectivity index (χ3n) is 4.00. The molecule has 0 aliphatic carbocycles. The van der Waals surface area contributed by atoms with Crippen LogP contribution in [0, 0.1) is 25.2 Å². The summed E-state index contributed by atoms with van der Waals surface area (Å²) < 4.78 is 0. The highest BCUT2D eigenvalue weighted by Crippen LogP contribution is 2.21. The van der Waals surface area contributed by atoms with Crippen LogP contribution < -0.4 is 10.6 Å². The van der Waals surface area contributed by atoms with Crippen LogP contribution in [0.15, 0.2) is 66.5 Å². The molecule has 0 spiro atoms. The molecule has 0 atom stereocenters. The summed E-state index contributed by atoms with van der Waals surface area (Å²) in [6, 6.07) is 17.2. The standard InChI is InChI=1S/C21H18N4O/c1-14-8-9-18(15(2)11-14)25-21(26)17(12-22)13-24-19-7-3-5-16-6-4-10-23-20(16)19/h3-11,13,24H,1-2H3,(H,25,26)/b17-13-. The van der Waals surface area contributed by atoms with E-state index in [2.05, 4.69) is 15.6 Å². The second-order valence-electron chi connectivity index (χ2n) is 5.97. The number of fused-ring (bicyclic) bond motifs is 1. The number of aryl methyl sites for hydroxylation is 2. The molecule has 1 aromatic heterocycles. The highest BCUT2D eigenvalue weighted by atomic mass is 16.1. The van der Waals surface area contributed by atoms with Crippen LogP contribution in [-0.4, -0.2) is 10.9 Å². The van der Waals surface area contributed by atoms with Crippen molar-refractivity contribution in [3.05, 3.63) is 77.6 Å². The van der Waals surface area contributed by atoms with Gasteiger partial charge < -0.3 is 10.6 Å². The van der Waals surface area contributed by atoms with Gasteiger partial charge in [0, 0.05) is 23.5 Å². The molecule has 26 heavy (non-hydrogen) atoms. The van der Waals surface area contributed by atoms with E-state index in [1.54, 1.807) is 6.20 Å². The summed E-state index contributed by atoms with van der Waals surface area (Å²) in [5.74, 6) is -0.458. The monoisotopic (exact) mass is 342 g/mol. The van der Waals surface area contributed by atoms with Crippen LogP contribution in [0.1, 0.15) is 11.1 Å². The number of anilines is 2. The number of hydrogen-bond acceptors (Lipinski definition) is 4. The Morgan fingerprint density at radius 1 is 1.12 bits per heavy atom. The van der Waals surface area contributed by atoms with Crippen LogP contribution in [0.4, 0.5) is 11.4 Å². The van der Waals surface area contributed by atoms with Crippen molar-refractivity contribution in [1.82, 2.24) is 4.98 Å². The molecule has 0 saturated carbocycles. The number of benzene rings is 2. The molecular formula is C21H18N4O. The number of carbonyl (C=O) groups excluding carboxylic acids is 1. The second kappa shape index (κ2) is 7.49. The molecule has 0 aliphatic heterocycles. The fourth-order valence-electron chi connectivity index (χ4n) is 2.66. The molecule has 1 heterocycles. The van der Waals surface area contributed by atoms with Gasteiger partial charge in [-0.05, 0) is 37.6 Å². The number of carbonyl (C=O) groups is 1. The van der Waals surface area contributed by atoms with Crippen molar-refractivity contribution in [2.45, 2.75) is 13.8 Å². The van der Waals surface area contributed by atoms with Crippen molar-refractivity contribution in [1.29, 1.82) is 5.26 Å². The number of pyridine rings is 1. The number of rotatable bonds is 4. The molecule has 2 N–H and O–H groups in total. The number of nitriles is 1. The average Bonchev–Trinajstić information content (AvgIpc) is 2.64. The SMILES string of the molecule is Cc1ccc(NC(=O)/C(C#N)=C\Nc2cccc3cccnc23)c(C)c1. The lowest BCUT2D eigenvalue weighted by Crippen LogP contribution is -2.15. The number of nitrogens with one attached hydrogen (secondary N) is 2. The third kappa shape index (κ3) is 3.70. The number of hydrogen-bond donors (Lipinski definition) is 2. The van der Waals surface area contributed by atoms with Gasteiger partial charge in [-0.25, -0.2) is 0 Å². The van der Waals surface area contributed by atoms with Gasteiger partial charge in [0.25, 0.3) is 5.91 Å². The Kier molecular flexibility index (Phi) is 4.95. The van der Waals surface area contributed by atoms with Crippen LogP contribution in [-0.2, 0) is 4.79 Å². The van der Waals surface area contributed by atoms with Crippen molar-refractivity contribution in [3.63, 3.8) is 0 Å². The van der Waals surface area contributed by atoms with Crippen molar-refractivity contribution in [3.8, 4) is 6.07 Å². The minimum Gasteiger partial charge on any atom is -0.358 e. The van der Waals surface area contributed by atoms with Crippen molar-refractivity contribution < 1.29 is 4.79 Å². The molecule has 0 bridgehead atoms. The molecule has 0 unspecified atom stereocenters. The van der Waals surface area contributed by atoms with E-state index in [9.17, 15) is 10.1 Å². The minimum atomic E-state index is -0.458. The minimum absolute atomic E-state index is 0.0158. The molecule has 0 radical (unpaired) electrons. The third-order valence-corrected chi connectivity index (χ3v) is 4.00. The second-order valence-corrected chi connectivity index (χ2v) is 5.97. The molecule has 1 amide bonds. The maximum Gasteiger partial charge on any atom is 0.267 e. The Morgan fingerprint density at radius 3 is 2.69 bits per heavy atom. The van der Waals surface area contributed by atoms with Gasteiger partial charge in [-0.1, -0.05) is 35.9 Å². The van der Waals surface area contributed by atoms with Crippen LogP contribution in [0.2, 0.25) is 0 Å². The average molecular weight is 342 g/mol. The van der Waals surface area contributed by atoms with Gasteiger partial charge in [-0.15, -0.1) is 0 Å². The fourth-order valence-corrected chi connectivity index (χ4v) is 2.66. The van der Waals surface area contributed by atoms with Gasteiger partial charge in [0.2, 0.25) is 0 Å². The van der Waals surface area contributed by atoms with E-state index < -0.39 is 5.91 Å². The van der Waals surface area contributed by atoms with E-state index >= 15 is 0 Å². The van der Waals surface area contributed by atoms with Gasteiger partial charge in [0.05, 0.1) is 11.2 Å². The maximum absolute atomic E-state index is 12.4. The van der Waals surface area contributed by atoms with E-state index in [1.165, 1.54) is 6.20 Å². The summed E-state index contributed by atoms with van der Waals surface area (Å²) >= 11 is 0. The summed E-state index contributed by atoms with van der Waals surface area (Å²) in [7, 11) is 0. The largest absolute Gasteiger partial charge is 0.358 e. The summed E-state index contributed by atoms with van der Waals surface area (Å²) in [6.07, 6.45) is 3.11. The smallest absolute Gasteiger partial charge is 0.267 e. The van der Waals surface area contributed by atoms with E-state index in [0.29, 0.717) is 5.69 Å². The topological polar surface area (TPSA) is 77.8 Å². The lowest BCUT2D eigenvalue weighted by molar-refractivity contribution is -0.112. The Balaban J connectivity index is 1.81. The van der Waals surface area contributed by atoms with Crippen LogP contribution in [0.25, 0.3) is 10.9 Å². The Bertz CT molecular complexity index is 1040. The Labute approximate surface area is 152 Å². The molecule has 128 valence electrons. The summed E-state index contributed by atoms with van der Waals surface area (Å²) in [5.41, 5.74) is 4.24. The predicted octanol–water partition coefficient (Wildman–Crippen LogP) is 4.31. The quantitative estimate of drug-likeness (QED) is 0.547. The van der Waals surface area contributed by atoms with Crippen LogP contribution >= 0.6 is 0 Å². The number of amides is 1. The Hall–Kier alpha value is -3.65. The summed E-state index contributed by atoms with van der Waals surface area (Å²) in [5, 5.41) is 16.1. The fraction of sp³-hybridized carbons (Fsp3) is 0.0952. The molecule has 0 saturated heterocycles. The van der Waals surface area contributed by atoms with Crippen molar-refractivity contribution in [2.75, 3.05) is 10.6 Å². The highest BCUT2D eigenvalue weighted by molar-refractivity contribution is 6.07. The highest BCUT2D eigenvalue weighted by Gasteiger charge is 2.11. The van der Waals surface area contributed by atoms with Gasteiger partial charge in [-0.2, -0.15) is 5.26 Å². The number of nitrogens with zero attached hydrogens (tertiary/aromatic N) is 2. The number of para-hydroxylation sites is 1. The zero-order valence-electron chi connectivity index (χ0n) is 14.6. The van der Waals surface area contributed by atoms with Crippen LogP contribution in [0.3, 0.4) is 0 Å². The molecular weight excluding hydrogens is 324 g/mol. The van der Waals surface area contributed by atoms with E-state index in [0.717, 1.165) is 27.7 Å². The first-order chi connectivity index (χ1) is 12.6. The number of aromatic nitrogens is 1. The molecule has 0 fully saturated rings. The first kappa shape index (κ1) is 17.2. The maximum atomic E-state index is 12.4. The van der Waals surface area contributed by atoms with E-state index in [-0.39, 0.29) is 5.57 Å². The van der Waals surface area contributed by atoms with E-state index in [1.807, 2.05) is 68.4 Å². The lowest BCUT2D eigenvalue weighted by atomic mass is 10.1. The van der Waals surface area contributed by atoms with E-state index in [4.69, 9.17) is 0 Å². The van der Waals surface area contributed by atoms with Gasteiger partial charge >= 0.3 is 0 Å². The van der Waals surface area contributed by atoms with Gasteiger partial charge in [0.1, 0.15) is 11.6 Å². The normalized spacial score (nSPS) is 11.0. The lowest BCUT2D eigenvalue weighted by Gasteiger charge is -2.09. The molecule has 0 aliphatic rings. The van der Waals surface area contributed by atoms with Crippen molar-refractivity contribution >= 4 is 28.2 Å². The van der Waals surface area contributed by atoms with Gasteiger partial charge in [0.15, 0.2) is 0 Å². The zero-order valence-corrected chi connectivity index (χ0v) is 14.6. The van der Waals surface area contributed by atoms with Gasteiger partial charge in [-0.3, -0.25) is 9.78 Å². The summed E-state index contributed by atoms with van der Waals surface area (Å²) in [6.45, 7) is 3.90. The molecule has 3 rings (SSSR count). The van der Waals surface area contributed by atoms with Crippen molar-refractivity contribution in [2.24, 2.45) is 0 Å².